The van der Waals surface area contributed by atoms with Crippen LogP contribution in [-0.2, 0) is 13.0 Å². The molecule has 2 rings (SSSR count). The highest BCUT2D eigenvalue weighted by atomic mass is 127. The third-order valence-electron chi connectivity index (χ3n) is 3.55. The minimum absolute atomic E-state index is 0. The van der Waals surface area contributed by atoms with E-state index in [1.807, 2.05) is 0 Å². The average molecular weight is 476 g/mol. The molecule has 0 aliphatic carbocycles. The third kappa shape index (κ3) is 6.60. The van der Waals surface area contributed by atoms with Crippen LogP contribution >= 0.6 is 47.1 Å². The largest absolute Gasteiger partial charge is 0.356 e. The van der Waals surface area contributed by atoms with Crippen molar-refractivity contribution < 1.29 is 0 Å². The third-order valence-corrected chi connectivity index (χ3v) is 5.42. The predicted molar refractivity (Wildman–Crippen MR) is 117 cm³/mol. The standard InChI is InChI=1S/C17H24N4S2.HI/c1-12-13(2)23-16(21-12)9-10-19-17(18-3)20-11-14-5-7-15(22-4)8-6-14;/h5-8H,9-11H2,1-4H3,(H2,18,19,20);1H. The minimum atomic E-state index is 0. The fourth-order valence-electron chi connectivity index (χ4n) is 2.08. The van der Waals surface area contributed by atoms with Crippen molar-refractivity contribution in [3.8, 4) is 0 Å². The van der Waals surface area contributed by atoms with Gasteiger partial charge >= 0.3 is 0 Å². The number of thioether (sulfide) groups is 1. The fourth-order valence-corrected chi connectivity index (χ4v) is 3.43. The van der Waals surface area contributed by atoms with E-state index in [0.29, 0.717) is 0 Å². The second-order valence-electron chi connectivity index (χ2n) is 5.20. The molecule has 4 nitrogen and oxygen atoms in total. The van der Waals surface area contributed by atoms with Crippen LogP contribution in [0.15, 0.2) is 34.2 Å². The number of aryl methyl sites for hydroxylation is 2. The van der Waals surface area contributed by atoms with Gasteiger partial charge in [0.2, 0.25) is 0 Å². The lowest BCUT2D eigenvalue weighted by molar-refractivity contribution is 0.790. The van der Waals surface area contributed by atoms with E-state index in [0.717, 1.165) is 31.2 Å². The van der Waals surface area contributed by atoms with Crippen LogP contribution in [0.25, 0.3) is 0 Å². The van der Waals surface area contributed by atoms with Gasteiger partial charge in [-0.2, -0.15) is 0 Å². The summed E-state index contributed by atoms with van der Waals surface area (Å²) >= 11 is 3.53. The first kappa shape index (κ1) is 21.2. The van der Waals surface area contributed by atoms with Gasteiger partial charge in [0.1, 0.15) is 0 Å². The van der Waals surface area contributed by atoms with Crippen LogP contribution in [0.5, 0.6) is 0 Å². The van der Waals surface area contributed by atoms with E-state index in [1.165, 1.54) is 20.3 Å². The number of aliphatic imine (C=N–C) groups is 1. The van der Waals surface area contributed by atoms with Gasteiger partial charge in [0, 0.05) is 36.3 Å². The lowest BCUT2D eigenvalue weighted by Crippen LogP contribution is -2.37. The number of hydrogen-bond acceptors (Lipinski definition) is 4. The molecule has 1 heterocycles. The smallest absolute Gasteiger partial charge is 0.191 e. The van der Waals surface area contributed by atoms with Crippen LogP contribution in [0.4, 0.5) is 0 Å². The number of thiazole rings is 1. The summed E-state index contributed by atoms with van der Waals surface area (Å²) in [5.41, 5.74) is 2.39. The second kappa shape index (κ2) is 10.9. The summed E-state index contributed by atoms with van der Waals surface area (Å²) < 4.78 is 0. The maximum absolute atomic E-state index is 4.56. The van der Waals surface area contributed by atoms with Gasteiger partial charge in [-0.1, -0.05) is 12.1 Å². The van der Waals surface area contributed by atoms with Gasteiger partial charge in [-0.25, -0.2) is 4.98 Å². The van der Waals surface area contributed by atoms with E-state index in [1.54, 1.807) is 30.1 Å². The Morgan fingerprint density at radius 1 is 1.21 bits per heavy atom. The van der Waals surface area contributed by atoms with E-state index < -0.39 is 0 Å². The first-order valence-electron chi connectivity index (χ1n) is 7.62. The highest BCUT2D eigenvalue weighted by Gasteiger charge is 2.04. The Morgan fingerprint density at radius 3 is 2.46 bits per heavy atom. The maximum Gasteiger partial charge on any atom is 0.191 e. The topological polar surface area (TPSA) is 49.3 Å². The van der Waals surface area contributed by atoms with Gasteiger partial charge in [0.25, 0.3) is 0 Å². The minimum Gasteiger partial charge on any atom is -0.356 e. The zero-order chi connectivity index (χ0) is 16.7. The number of nitrogens with one attached hydrogen (secondary N) is 2. The normalized spacial score (nSPS) is 11.1. The van der Waals surface area contributed by atoms with Gasteiger partial charge in [0.15, 0.2) is 5.96 Å². The highest BCUT2D eigenvalue weighted by molar-refractivity contribution is 14.0. The molecule has 0 spiro atoms. The molecule has 2 aromatic rings. The molecule has 2 N–H and O–H groups in total. The molecule has 0 aliphatic rings. The number of rotatable bonds is 6. The molecule has 1 aromatic heterocycles. The molecule has 0 bridgehead atoms. The summed E-state index contributed by atoms with van der Waals surface area (Å²) in [6, 6.07) is 8.58. The van der Waals surface area contributed by atoms with Gasteiger partial charge in [0.05, 0.1) is 10.7 Å². The molecule has 0 aliphatic heterocycles. The van der Waals surface area contributed by atoms with Gasteiger partial charge in [-0.3, -0.25) is 4.99 Å². The van der Waals surface area contributed by atoms with Crippen molar-refractivity contribution in [2.75, 3.05) is 19.8 Å². The summed E-state index contributed by atoms with van der Waals surface area (Å²) in [5.74, 6) is 0.823. The number of benzene rings is 1. The number of aromatic nitrogens is 1. The van der Waals surface area contributed by atoms with Crippen LogP contribution in [-0.4, -0.2) is 30.8 Å². The van der Waals surface area contributed by atoms with Crippen molar-refractivity contribution in [1.29, 1.82) is 0 Å². The Balaban J connectivity index is 0.00000288. The predicted octanol–water partition coefficient (Wildman–Crippen LogP) is 4.01. The van der Waals surface area contributed by atoms with Crippen molar-refractivity contribution in [3.05, 3.63) is 45.4 Å². The molecule has 132 valence electrons. The van der Waals surface area contributed by atoms with Crippen molar-refractivity contribution in [3.63, 3.8) is 0 Å². The molecule has 0 saturated carbocycles. The maximum atomic E-state index is 4.56. The first-order chi connectivity index (χ1) is 11.1. The molecule has 24 heavy (non-hydrogen) atoms. The SMILES string of the molecule is CN=C(NCCc1nc(C)c(C)s1)NCc1ccc(SC)cc1.I. The molecule has 7 heteroatoms. The zero-order valence-electron chi connectivity index (χ0n) is 14.5. The molecule has 0 amide bonds. The molecule has 0 radical (unpaired) electrons. The Bertz CT molecular complexity index is 634. The zero-order valence-corrected chi connectivity index (χ0v) is 18.5. The monoisotopic (exact) mass is 476 g/mol. The lowest BCUT2D eigenvalue weighted by Gasteiger charge is -2.11. The van der Waals surface area contributed by atoms with Crippen molar-refractivity contribution in [1.82, 2.24) is 15.6 Å². The second-order valence-corrected chi connectivity index (χ2v) is 7.37. The summed E-state index contributed by atoms with van der Waals surface area (Å²) in [6.45, 7) is 5.78. The van der Waals surface area contributed by atoms with Gasteiger partial charge in [-0.05, 0) is 37.8 Å². The van der Waals surface area contributed by atoms with Gasteiger partial charge in [-0.15, -0.1) is 47.1 Å². The van der Waals surface area contributed by atoms with E-state index in [4.69, 9.17) is 0 Å². The van der Waals surface area contributed by atoms with Crippen molar-refractivity contribution in [2.24, 2.45) is 4.99 Å². The molecular weight excluding hydrogens is 451 g/mol. The summed E-state index contributed by atoms with van der Waals surface area (Å²) in [5, 5.41) is 7.86. The molecule has 0 atom stereocenters. The molecule has 1 aromatic carbocycles. The number of halogens is 1. The number of nitrogens with zero attached hydrogens (tertiary/aromatic N) is 2. The Kier molecular flexibility index (Phi) is 9.68. The Hall–Kier alpha value is -0.800. The summed E-state index contributed by atoms with van der Waals surface area (Å²) in [7, 11) is 1.80. The molecular formula is C17H25IN4S2. The molecule has 0 saturated heterocycles. The van der Waals surface area contributed by atoms with Crippen LogP contribution in [0.3, 0.4) is 0 Å². The number of guanidine groups is 1. The average Bonchev–Trinajstić information content (AvgIpc) is 2.89. The van der Waals surface area contributed by atoms with E-state index >= 15 is 0 Å². The van der Waals surface area contributed by atoms with E-state index in [-0.39, 0.29) is 24.0 Å². The summed E-state index contributed by atoms with van der Waals surface area (Å²) in [4.78, 5) is 11.4. The fraction of sp³-hybridized carbons (Fsp3) is 0.412. The van der Waals surface area contributed by atoms with Crippen molar-refractivity contribution >= 4 is 53.0 Å². The first-order valence-corrected chi connectivity index (χ1v) is 9.67. The number of hydrogen-bond donors (Lipinski definition) is 2. The van der Waals surface area contributed by atoms with E-state index in [9.17, 15) is 0 Å². The highest BCUT2D eigenvalue weighted by Crippen LogP contribution is 2.16. The quantitative estimate of drug-likeness (QED) is 0.286. The van der Waals surface area contributed by atoms with Crippen LogP contribution < -0.4 is 10.6 Å². The van der Waals surface area contributed by atoms with Gasteiger partial charge < -0.3 is 10.6 Å². The van der Waals surface area contributed by atoms with Crippen LogP contribution in [0.1, 0.15) is 21.1 Å². The molecule has 0 unspecified atom stereocenters. The summed E-state index contributed by atoms with van der Waals surface area (Å²) in [6.07, 6.45) is 3.01. The molecule has 0 fully saturated rings. The van der Waals surface area contributed by atoms with Crippen LogP contribution in [0, 0.1) is 13.8 Å². The van der Waals surface area contributed by atoms with Crippen LogP contribution in [0.2, 0.25) is 0 Å². The lowest BCUT2D eigenvalue weighted by atomic mass is 10.2. The Morgan fingerprint density at radius 2 is 1.92 bits per heavy atom. The van der Waals surface area contributed by atoms with Crippen molar-refractivity contribution in [2.45, 2.75) is 31.7 Å². The van der Waals surface area contributed by atoms with E-state index in [2.05, 4.69) is 65.0 Å². The Labute approximate surface area is 170 Å².